The molecule has 20 atom stereocenters. The third-order valence-corrected chi connectivity index (χ3v) is 32.0. The number of ether oxygens (including phenoxy) is 14. The van der Waals surface area contributed by atoms with E-state index in [9.17, 15) is 69.3 Å². The van der Waals surface area contributed by atoms with Crippen molar-refractivity contribution in [3.05, 3.63) is 97.9 Å². The number of nitrogens with zero attached hydrogens (tertiary/aromatic N) is 8. The molecule has 9 fully saturated rings. The van der Waals surface area contributed by atoms with Gasteiger partial charge in [0.1, 0.15) is 133 Å². The Morgan fingerprint density at radius 1 is 0.510 bits per heavy atom. The molecule has 0 saturated carbocycles. The van der Waals surface area contributed by atoms with Crippen LogP contribution >= 0.6 is 0 Å². The van der Waals surface area contributed by atoms with E-state index in [4.69, 9.17) is 72.0 Å². The van der Waals surface area contributed by atoms with Gasteiger partial charge in [-0.15, -0.1) is 0 Å². The van der Waals surface area contributed by atoms with Gasteiger partial charge in [0.2, 0.25) is 0 Å². The number of esters is 2. The summed E-state index contributed by atoms with van der Waals surface area (Å²) in [7, 11) is -0.859. The highest BCUT2D eigenvalue weighted by Crippen LogP contribution is 2.60. The maximum atomic E-state index is 13.4. The lowest BCUT2D eigenvalue weighted by atomic mass is 9.88. The Labute approximate surface area is 851 Å². The lowest BCUT2D eigenvalue weighted by Crippen LogP contribution is -2.51. The Kier molecular flexibility index (Phi) is 35.2. The van der Waals surface area contributed by atoms with Gasteiger partial charge in [-0.3, -0.25) is 39.3 Å². The molecular weight excluding hydrogens is 1890 g/mol. The van der Waals surface area contributed by atoms with Crippen molar-refractivity contribution < 1.29 is 116 Å². The van der Waals surface area contributed by atoms with Gasteiger partial charge >= 0.3 is 36.3 Å². The zero-order valence-electron chi connectivity index (χ0n) is 91.8. The highest BCUT2D eigenvalue weighted by Gasteiger charge is 2.72. The lowest BCUT2D eigenvalue weighted by molar-refractivity contribution is -0.183. The van der Waals surface area contributed by atoms with Crippen molar-refractivity contribution in [1.29, 1.82) is 10.5 Å². The number of amides is 4. The van der Waals surface area contributed by atoms with Gasteiger partial charge in [0, 0.05) is 49.6 Å². The van der Waals surface area contributed by atoms with Gasteiger partial charge in [0.25, 0.3) is 11.1 Å². The molecule has 14 heterocycles. The largest absolute Gasteiger partial charge is 0.514 e. The number of aromatic amines is 5. The summed E-state index contributed by atoms with van der Waals surface area (Å²) < 4.78 is 82.7. The topological polar surface area (TPSA) is 562 Å². The van der Waals surface area contributed by atoms with Gasteiger partial charge < -0.3 is 123 Å². The minimum Gasteiger partial charge on any atom is -0.514 e. The number of aromatic nitrogens is 7. The first kappa shape index (κ1) is 118. The minimum absolute atomic E-state index is 0.0376. The Bertz CT molecular complexity index is 5710. The number of hydrogen-bond acceptors (Lipinski definition) is 33. The zero-order chi connectivity index (χ0) is 110. The van der Waals surface area contributed by atoms with Crippen LogP contribution in [0.2, 0.25) is 24.7 Å². The van der Waals surface area contributed by atoms with Crippen molar-refractivity contribution in [2.24, 2.45) is 0 Å². The highest BCUT2D eigenvalue weighted by atomic mass is 28.3. The fraction of sp³-hybridized carbons (Fsp3) is 0.725. The van der Waals surface area contributed by atoms with Gasteiger partial charge in [0.05, 0.1) is 110 Å². The Hall–Kier alpha value is -10.3. The second kappa shape index (κ2) is 43.1. The second-order valence-corrected chi connectivity index (χ2v) is 52.8. The van der Waals surface area contributed by atoms with Crippen LogP contribution in [0.25, 0.3) is 22.1 Å². The molecule has 0 radical (unpaired) electrons. The van der Waals surface area contributed by atoms with E-state index in [-0.39, 0.29) is 90.3 Å². The molecule has 145 heavy (non-hydrogen) atoms. The number of nitriles is 2. The standard InChI is InChI=1S/2C22H35N3O6.C21H30N4O5.C18H28N2O5.C12H16N4O4.C7H18Si/c1-9-13-17-22(8,31-21(6,7)29-17)16(25(13)19(27)30-20(3,4)5)12-11-24-15(14(12)23)18(26)28-10-2;1-9-15-18-22(8,31-21(6,7)29-18)17(25(15)19(27)30-20(3,4)5)14(11-23)12-24-13-16(26)28-10-2;1-8-12-16-21(7,30-20(5,6)28-16)15(25(12)18(27)29-19(2,3)4)11-9-22-14-13(11)23-10-24-17(14)26;1-8-12-14-18(7,25-17(5,6)23-14)13(11(9-19)10-21)20(12)15(22)24-16(2,3)4;1-12(20)9(16-6(3-17)10(12)18)5-2-13-8-7(5)14-4-15-11(8)19;1-7(2,3)8(4,5)6/h11,13,16-17,24H,9-10,23H2,1-8H3;12,15,17-18,24H,9-10,13H2,1-8H3;9-10,12,15-16,22H,8H2,1-7H3,(H,23,24,26);10,12-14,21H,8H2,1-7H3;2,4,6,9-10,13,16-18,20H,3H2,1H3,(H,14,15,19);1-6H3/b;;;11-10+;;/t13-,16+,17-,22+;15-,17+,18-,22+;12-,15+,16-,21+;12-,13+,14-,18+;6-,9+,10-,12+;/m11111./s1. The first-order chi connectivity index (χ1) is 66.5. The summed E-state index contributed by atoms with van der Waals surface area (Å²) in [6.45, 7) is 71.0. The molecule has 9 aliphatic heterocycles. The molecule has 0 aromatic carbocycles. The predicted molar refractivity (Wildman–Crippen MR) is 541 cm³/mol. The average molecular weight is 2060 g/mol. The molecule has 0 spiro atoms. The highest BCUT2D eigenvalue weighted by molar-refractivity contribution is 6.78. The van der Waals surface area contributed by atoms with Crippen LogP contribution in [0.5, 0.6) is 0 Å². The Balaban J connectivity index is 0.000000199. The SMILES string of the molecule is CC(C)(C)[Si](C)(C)C.CCOC(=O)CNC=C(C#N)[C@@H]1N(C(=O)OC(C)(C)C)[C@H](CC)[C@H]2OC(C)(C)O[C@]21C.CCOC(=O)c1[nH]cc([C@@H]2N(C(=O)OC(C)(C)C)[C@H](CC)[C@H]3OC(C)(C)O[C@]32C)c1N.CC[C@@H]1[C@H]2OC(C)(C)O[C@@]2(C)[C@H](/C(C#N)=C/O)N1C(=O)OC(C)(C)C.CC[C@@H]1[C@H]2OC(C)(C)O[C@@]2(C)[C@H](c2c[nH]c3c(=O)[nH]cnc23)N1C(=O)OC(C)(C)C.C[C@@]1(O)[C@H](O)[C@@H](CO)N[C@H]1c1c[nH]c2c(=O)[nH]cnc12. The maximum absolute atomic E-state index is 13.4. The van der Waals surface area contributed by atoms with Crippen LogP contribution in [0.1, 0.15) is 306 Å². The number of hydrogen-bond donors (Lipinski definition) is 12. The number of carbonyl (C=O) groups excluding carboxylic acids is 6. The van der Waals surface area contributed by atoms with Crippen LogP contribution in [0.3, 0.4) is 0 Å². The predicted octanol–water partition coefficient (Wildman–Crippen LogP) is 14.6. The van der Waals surface area contributed by atoms with Crippen molar-refractivity contribution in [2.45, 2.75) is 450 Å². The van der Waals surface area contributed by atoms with Crippen molar-refractivity contribution in [1.82, 2.24) is 65.1 Å². The number of aliphatic hydroxyl groups excluding tert-OH is 3. The van der Waals surface area contributed by atoms with E-state index in [0.717, 1.165) is 6.26 Å². The summed E-state index contributed by atoms with van der Waals surface area (Å²) >= 11 is 0. The van der Waals surface area contributed by atoms with E-state index < -0.39 is 179 Å². The van der Waals surface area contributed by atoms with Gasteiger partial charge in [-0.2, -0.15) is 10.5 Å². The summed E-state index contributed by atoms with van der Waals surface area (Å²) in [6.07, 6.45) is 7.43. The molecule has 810 valence electrons. The van der Waals surface area contributed by atoms with E-state index in [0.29, 0.717) is 69.5 Å². The van der Waals surface area contributed by atoms with Crippen LogP contribution in [0.15, 0.2) is 64.4 Å². The number of nitrogen functional groups attached to an aromatic ring is 1. The summed E-state index contributed by atoms with van der Waals surface area (Å²) in [5, 5.41) is 65.1. The summed E-state index contributed by atoms with van der Waals surface area (Å²) in [4.78, 5) is 129. The third kappa shape index (κ3) is 24.8. The van der Waals surface area contributed by atoms with E-state index >= 15 is 0 Å². The van der Waals surface area contributed by atoms with E-state index in [1.54, 1.807) is 103 Å². The van der Waals surface area contributed by atoms with Gasteiger partial charge in [-0.1, -0.05) is 68.1 Å². The number of carbonyl (C=O) groups is 6. The van der Waals surface area contributed by atoms with Crippen LogP contribution in [0.4, 0.5) is 24.9 Å². The molecule has 9 aliphatic rings. The maximum Gasteiger partial charge on any atom is 0.411 e. The molecule has 4 amide bonds. The molecule has 5 aromatic heterocycles. The first-order valence-corrected chi connectivity index (χ1v) is 53.4. The van der Waals surface area contributed by atoms with Crippen molar-refractivity contribution in [3.63, 3.8) is 0 Å². The number of nitrogens with two attached hydrogens (primary N) is 1. The quantitative estimate of drug-likeness (QED) is 0.0143. The molecule has 14 rings (SSSR count). The Morgan fingerprint density at radius 2 is 0.841 bits per heavy atom. The molecule has 5 aromatic rings. The Morgan fingerprint density at radius 3 is 1.18 bits per heavy atom. The monoisotopic (exact) mass is 2060 g/mol. The molecule has 13 N–H and O–H groups in total. The fourth-order valence-corrected chi connectivity index (χ4v) is 20.8. The number of fused-ring (bicyclic) bond motifs is 6. The lowest BCUT2D eigenvalue weighted by Gasteiger charge is -2.37. The summed E-state index contributed by atoms with van der Waals surface area (Å²) in [5.41, 5.74) is 2.00. The van der Waals surface area contributed by atoms with Gasteiger partial charge in [-0.25, -0.2) is 33.9 Å². The molecule has 42 nitrogen and oxygen atoms in total. The second-order valence-electron chi connectivity index (χ2n) is 46.8. The molecule has 0 bridgehead atoms. The average Bonchev–Trinajstić information content (AvgIpc) is 1.55. The summed E-state index contributed by atoms with van der Waals surface area (Å²) in [6, 6.07) is -1.12. The van der Waals surface area contributed by atoms with Crippen LogP contribution in [-0.4, -0.2) is 292 Å². The number of rotatable bonds is 16. The molecule has 43 heteroatoms. The normalized spacial score (nSPS) is 30.5. The van der Waals surface area contributed by atoms with Gasteiger partial charge in [0.15, 0.2) is 23.1 Å². The van der Waals surface area contributed by atoms with Gasteiger partial charge in [-0.05, 0) is 218 Å². The van der Waals surface area contributed by atoms with Crippen molar-refractivity contribution in [3.8, 4) is 12.1 Å². The van der Waals surface area contributed by atoms with Crippen LogP contribution in [0, 0.1) is 22.7 Å². The van der Waals surface area contributed by atoms with Crippen LogP contribution < -0.4 is 27.5 Å². The fourth-order valence-electron chi connectivity index (χ4n) is 20.8. The van der Waals surface area contributed by atoms with E-state index in [2.05, 4.69) is 92.0 Å². The number of aliphatic hydroxyl groups is 4. The minimum atomic E-state index is -1.48. The molecular formula is C102H162N16O26Si. The zero-order valence-corrected chi connectivity index (χ0v) is 92.8. The number of H-pyrrole nitrogens is 5. The molecule has 0 unspecified atom stereocenters. The first-order valence-electron chi connectivity index (χ1n) is 49.9. The van der Waals surface area contributed by atoms with Crippen molar-refractivity contribution in [2.75, 3.05) is 32.1 Å². The summed E-state index contributed by atoms with van der Waals surface area (Å²) in [5.74, 6) is -4.35. The van der Waals surface area contributed by atoms with Crippen LogP contribution in [-0.2, 0) is 71.1 Å². The third-order valence-electron chi connectivity index (χ3n) is 27.5. The molecule has 9 saturated heterocycles. The number of likely N-dealkylation sites (tertiary alicyclic amines) is 4. The van der Waals surface area contributed by atoms with E-state index in [1.165, 1.54) is 30.7 Å². The molecule has 0 aliphatic carbocycles. The van der Waals surface area contributed by atoms with E-state index in [1.807, 2.05) is 145 Å². The smallest absolute Gasteiger partial charge is 0.411 e. The van der Waals surface area contributed by atoms with Crippen molar-refractivity contribution >= 4 is 72.1 Å². The number of nitrogens with one attached hydrogen (secondary N) is 7. The number of anilines is 1.